The Hall–Kier alpha value is -2.14. The zero-order valence-corrected chi connectivity index (χ0v) is 16.9. The number of benzene rings is 1. The first-order chi connectivity index (χ1) is 13.4. The van der Waals surface area contributed by atoms with Gasteiger partial charge in [0.25, 0.3) is 5.91 Å². The minimum atomic E-state index is -4.58. The van der Waals surface area contributed by atoms with Gasteiger partial charge in [-0.2, -0.15) is 17.5 Å². The molecule has 2 rings (SSSR count). The van der Waals surface area contributed by atoms with Crippen LogP contribution in [-0.2, 0) is 19.6 Å². The summed E-state index contributed by atoms with van der Waals surface area (Å²) < 4.78 is 68.3. The molecule has 1 aromatic carbocycles. The van der Waals surface area contributed by atoms with Gasteiger partial charge in [0.1, 0.15) is 6.54 Å². The number of alkyl halides is 3. The van der Waals surface area contributed by atoms with Gasteiger partial charge in [0, 0.05) is 12.6 Å². The van der Waals surface area contributed by atoms with Gasteiger partial charge in [0.05, 0.1) is 10.5 Å². The number of sulfonamides is 1. The summed E-state index contributed by atoms with van der Waals surface area (Å²) in [5, 5.41) is 1.58. The maximum absolute atomic E-state index is 12.9. The Bertz CT molecular complexity index is 871. The molecule has 1 amide bonds. The highest BCUT2D eigenvalue weighted by Gasteiger charge is 2.32. The Balaban J connectivity index is 2.12. The summed E-state index contributed by atoms with van der Waals surface area (Å²) in [6, 6.07) is 3.84. The molecular formula is C18H23F3N2O5S. The second-order valence-corrected chi connectivity index (χ2v) is 8.80. The molecule has 1 aliphatic rings. The second-order valence-electron chi connectivity index (χ2n) is 6.91. The normalized spacial score (nSPS) is 18.3. The standard InChI is InChI=1S/C18H23F3N2O5S/c1-12-6-7-14(29(26,27)23-8-4-3-5-13(23)2)9-15(12)17(25)28-10-16(24)22-11-18(19,20)21/h6-7,9,13H,3-5,8,10-11H2,1-2H3,(H,22,24). The van der Waals surface area contributed by atoms with Crippen molar-refractivity contribution in [3.8, 4) is 0 Å². The second kappa shape index (κ2) is 9.12. The van der Waals surface area contributed by atoms with E-state index in [1.54, 1.807) is 12.2 Å². The molecule has 7 nitrogen and oxygen atoms in total. The van der Waals surface area contributed by atoms with Gasteiger partial charge in [0.2, 0.25) is 10.0 Å². The Kier molecular flexibility index (Phi) is 7.28. The summed E-state index contributed by atoms with van der Waals surface area (Å²) in [7, 11) is -3.82. The van der Waals surface area contributed by atoms with Crippen LogP contribution in [0.4, 0.5) is 13.2 Å². The Labute approximate surface area is 167 Å². The number of aryl methyl sites for hydroxylation is 1. The molecule has 1 heterocycles. The van der Waals surface area contributed by atoms with E-state index in [1.807, 2.05) is 6.92 Å². The van der Waals surface area contributed by atoms with Crippen molar-refractivity contribution < 1.29 is 35.9 Å². The van der Waals surface area contributed by atoms with Crippen LogP contribution in [0.25, 0.3) is 0 Å². The summed E-state index contributed by atoms with van der Waals surface area (Å²) in [5.74, 6) is -2.10. The van der Waals surface area contributed by atoms with Gasteiger partial charge in [-0.25, -0.2) is 13.2 Å². The smallest absolute Gasteiger partial charge is 0.405 e. The number of nitrogens with zero attached hydrogens (tertiary/aromatic N) is 1. The van der Waals surface area contributed by atoms with Crippen LogP contribution in [0.2, 0.25) is 0 Å². The van der Waals surface area contributed by atoms with Crippen molar-refractivity contribution in [3.05, 3.63) is 29.3 Å². The maximum atomic E-state index is 12.9. The number of amides is 1. The van der Waals surface area contributed by atoms with Crippen LogP contribution in [0.1, 0.15) is 42.1 Å². The highest BCUT2D eigenvalue weighted by Crippen LogP contribution is 2.26. The van der Waals surface area contributed by atoms with Gasteiger partial charge in [-0.15, -0.1) is 0 Å². The third-order valence-corrected chi connectivity index (χ3v) is 6.61. The molecular weight excluding hydrogens is 413 g/mol. The molecule has 0 spiro atoms. The lowest BCUT2D eigenvalue weighted by atomic mass is 10.1. The molecule has 1 saturated heterocycles. The van der Waals surface area contributed by atoms with Crippen LogP contribution < -0.4 is 5.32 Å². The van der Waals surface area contributed by atoms with Gasteiger partial charge in [-0.05, 0) is 44.4 Å². The molecule has 0 aliphatic carbocycles. The molecule has 162 valence electrons. The predicted octanol–water partition coefficient (Wildman–Crippen LogP) is 2.39. The van der Waals surface area contributed by atoms with E-state index in [4.69, 9.17) is 4.74 Å². The first-order valence-electron chi connectivity index (χ1n) is 9.05. The fourth-order valence-corrected chi connectivity index (χ4v) is 4.73. The molecule has 1 atom stereocenters. The average molecular weight is 436 g/mol. The van der Waals surface area contributed by atoms with E-state index < -0.39 is 41.2 Å². The molecule has 29 heavy (non-hydrogen) atoms. The van der Waals surface area contributed by atoms with E-state index in [-0.39, 0.29) is 16.5 Å². The van der Waals surface area contributed by atoms with E-state index >= 15 is 0 Å². The van der Waals surface area contributed by atoms with E-state index in [0.717, 1.165) is 19.3 Å². The maximum Gasteiger partial charge on any atom is 0.405 e. The van der Waals surface area contributed by atoms with Gasteiger partial charge >= 0.3 is 12.1 Å². The van der Waals surface area contributed by atoms with Crippen molar-refractivity contribution in [2.75, 3.05) is 19.7 Å². The molecule has 1 unspecified atom stereocenters. The summed E-state index contributed by atoms with van der Waals surface area (Å²) in [6.07, 6.45) is -2.15. The van der Waals surface area contributed by atoms with E-state index in [2.05, 4.69) is 0 Å². The summed E-state index contributed by atoms with van der Waals surface area (Å²) in [6.45, 7) is 1.31. The van der Waals surface area contributed by atoms with Crippen molar-refractivity contribution in [1.82, 2.24) is 9.62 Å². The van der Waals surface area contributed by atoms with Crippen LogP contribution in [0, 0.1) is 6.92 Å². The number of esters is 1. The number of ether oxygens (including phenoxy) is 1. The zero-order chi connectivity index (χ0) is 21.8. The van der Waals surface area contributed by atoms with E-state index in [9.17, 15) is 31.2 Å². The van der Waals surface area contributed by atoms with Gasteiger partial charge in [-0.1, -0.05) is 12.5 Å². The zero-order valence-electron chi connectivity index (χ0n) is 16.1. The fourth-order valence-electron chi connectivity index (χ4n) is 3.00. The fraction of sp³-hybridized carbons (Fsp3) is 0.556. The average Bonchev–Trinajstić information content (AvgIpc) is 2.64. The molecule has 1 aromatic rings. The molecule has 1 N–H and O–H groups in total. The SMILES string of the molecule is Cc1ccc(S(=O)(=O)N2CCCCC2C)cc1C(=O)OCC(=O)NCC(F)(F)F. The molecule has 11 heteroatoms. The number of nitrogens with one attached hydrogen (secondary N) is 1. The Morgan fingerprint density at radius 2 is 1.97 bits per heavy atom. The van der Waals surface area contributed by atoms with Crippen LogP contribution in [0.3, 0.4) is 0 Å². The van der Waals surface area contributed by atoms with Crippen LogP contribution in [0.15, 0.2) is 23.1 Å². The predicted molar refractivity (Wildman–Crippen MR) is 97.7 cm³/mol. The molecule has 0 bridgehead atoms. The van der Waals surface area contributed by atoms with Crippen LogP contribution in [-0.4, -0.2) is 56.5 Å². The Morgan fingerprint density at radius 1 is 1.28 bits per heavy atom. The number of hydrogen-bond donors (Lipinski definition) is 1. The highest BCUT2D eigenvalue weighted by molar-refractivity contribution is 7.89. The first kappa shape index (κ1) is 23.1. The van der Waals surface area contributed by atoms with Crippen molar-refractivity contribution in [2.24, 2.45) is 0 Å². The third kappa shape index (κ3) is 6.17. The monoisotopic (exact) mass is 436 g/mol. The van der Waals surface area contributed by atoms with Crippen molar-refractivity contribution in [1.29, 1.82) is 0 Å². The van der Waals surface area contributed by atoms with Gasteiger partial charge < -0.3 is 10.1 Å². The quantitative estimate of drug-likeness (QED) is 0.692. The molecule has 1 aliphatic heterocycles. The highest BCUT2D eigenvalue weighted by atomic mass is 32.2. The summed E-state index contributed by atoms with van der Waals surface area (Å²) in [5.41, 5.74) is 0.343. The Morgan fingerprint density at radius 3 is 2.59 bits per heavy atom. The van der Waals surface area contributed by atoms with Crippen LogP contribution >= 0.6 is 0 Å². The number of piperidine rings is 1. The summed E-state index contributed by atoms with van der Waals surface area (Å²) >= 11 is 0. The molecule has 0 saturated carbocycles. The van der Waals surface area contributed by atoms with Crippen molar-refractivity contribution in [3.63, 3.8) is 0 Å². The van der Waals surface area contributed by atoms with Crippen molar-refractivity contribution >= 4 is 21.9 Å². The number of carbonyl (C=O) groups is 2. The van der Waals surface area contributed by atoms with Gasteiger partial charge in [0.15, 0.2) is 6.61 Å². The molecule has 1 fully saturated rings. The lowest BCUT2D eigenvalue weighted by Crippen LogP contribution is -2.42. The number of halogens is 3. The van der Waals surface area contributed by atoms with E-state index in [1.165, 1.54) is 22.5 Å². The van der Waals surface area contributed by atoms with Crippen molar-refractivity contribution in [2.45, 2.75) is 50.2 Å². The topological polar surface area (TPSA) is 92.8 Å². The lowest BCUT2D eigenvalue weighted by Gasteiger charge is -2.32. The third-order valence-electron chi connectivity index (χ3n) is 4.60. The summed E-state index contributed by atoms with van der Waals surface area (Å²) in [4.78, 5) is 23.6. The van der Waals surface area contributed by atoms with E-state index in [0.29, 0.717) is 12.1 Å². The van der Waals surface area contributed by atoms with Gasteiger partial charge in [-0.3, -0.25) is 4.79 Å². The minimum absolute atomic E-state index is 0.0700. The lowest BCUT2D eigenvalue weighted by molar-refractivity contribution is -0.140. The minimum Gasteiger partial charge on any atom is -0.452 e. The first-order valence-corrected chi connectivity index (χ1v) is 10.5. The largest absolute Gasteiger partial charge is 0.452 e. The molecule has 0 radical (unpaired) electrons. The van der Waals surface area contributed by atoms with Crippen LogP contribution in [0.5, 0.6) is 0 Å². The molecule has 0 aromatic heterocycles. The number of hydrogen-bond acceptors (Lipinski definition) is 5. The number of rotatable bonds is 6. The number of carbonyl (C=O) groups excluding carboxylic acids is 2.